The van der Waals surface area contributed by atoms with E-state index in [1.165, 1.54) is 5.69 Å². The van der Waals surface area contributed by atoms with E-state index in [4.69, 9.17) is 4.98 Å². The maximum Gasteiger partial charge on any atom is 0.326 e. The molecule has 2 aromatic heterocycles. The monoisotopic (exact) mass is 287 g/mol. The molecule has 0 saturated heterocycles. The van der Waals surface area contributed by atoms with Crippen molar-refractivity contribution in [3.63, 3.8) is 0 Å². The van der Waals surface area contributed by atoms with Gasteiger partial charge in [0.1, 0.15) is 0 Å². The van der Waals surface area contributed by atoms with Crippen LogP contribution in [0, 0.1) is 6.92 Å². The average molecular weight is 287 g/mol. The molecular formula is C15H21N5O. The SMILES string of the molecule is C=CCN1Cc2c(nc3n(CCC)c(C)cn23)N(C)C1=O. The Hall–Kier alpha value is -2.24. The highest BCUT2D eigenvalue weighted by molar-refractivity contribution is 5.93. The van der Waals surface area contributed by atoms with Gasteiger partial charge in [-0.15, -0.1) is 6.58 Å². The quantitative estimate of drug-likeness (QED) is 0.811. The Bertz CT molecular complexity index is 711. The van der Waals surface area contributed by atoms with Crippen LogP contribution in [0.4, 0.5) is 10.6 Å². The second kappa shape index (κ2) is 4.95. The molecule has 0 unspecified atom stereocenters. The van der Waals surface area contributed by atoms with Gasteiger partial charge in [-0.2, -0.15) is 4.98 Å². The fourth-order valence-corrected chi connectivity index (χ4v) is 2.95. The topological polar surface area (TPSA) is 45.8 Å². The number of rotatable bonds is 4. The average Bonchev–Trinajstić information content (AvgIpc) is 2.94. The van der Waals surface area contributed by atoms with E-state index in [1.54, 1.807) is 22.9 Å². The maximum atomic E-state index is 12.3. The molecule has 0 spiro atoms. The minimum atomic E-state index is -0.0260. The van der Waals surface area contributed by atoms with Crippen LogP contribution in [0.1, 0.15) is 24.7 Å². The maximum absolute atomic E-state index is 12.3. The minimum absolute atomic E-state index is 0.0260. The van der Waals surface area contributed by atoms with Crippen LogP contribution in [0.3, 0.4) is 0 Å². The third-order valence-electron chi connectivity index (χ3n) is 3.97. The number of carbonyl (C=O) groups excluding carboxylic acids is 1. The molecule has 0 N–H and O–H groups in total. The summed E-state index contributed by atoms with van der Waals surface area (Å²) in [7, 11) is 1.78. The summed E-state index contributed by atoms with van der Waals surface area (Å²) in [5.74, 6) is 1.68. The van der Waals surface area contributed by atoms with E-state index < -0.39 is 0 Å². The molecule has 1 aliphatic heterocycles. The standard InChI is InChI=1S/C15H21N5O/c1-5-7-18-10-12-13(17(4)15(18)21)16-14-19(8-6-2)11(3)9-20(12)14/h5,9H,1,6-8,10H2,2-4H3. The predicted molar refractivity (Wildman–Crippen MR) is 82.6 cm³/mol. The van der Waals surface area contributed by atoms with Crippen molar-refractivity contribution in [2.24, 2.45) is 0 Å². The minimum Gasteiger partial charge on any atom is -0.315 e. The zero-order valence-electron chi connectivity index (χ0n) is 12.8. The van der Waals surface area contributed by atoms with E-state index in [2.05, 4.69) is 35.6 Å². The molecule has 1 aliphatic rings. The van der Waals surface area contributed by atoms with Gasteiger partial charge in [-0.05, 0) is 13.3 Å². The van der Waals surface area contributed by atoms with Crippen LogP contribution in [0.25, 0.3) is 5.78 Å². The van der Waals surface area contributed by atoms with E-state index >= 15 is 0 Å². The van der Waals surface area contributed by atoms with Gasteiger partial charge in [-0.1, -0.05) is 13.0 Å². The number of hydrogen-bond donors (Lipinski definition) is 0. The third-order valence-corrected chi connectivity index (χ3v) is 3.97. The van der Waals surface area contributed by atoms with E-state index in [-0.39, 0.29) is 6.03 Å². The van der Waals surface area contributed by atoms with E-state index in [0.29, 0.717) is 13.1 Å². The van der Waals surface area contributed by atoms with Gasteiger partial charge < -0.3 is 9.47 Å². The second-order valence-electron chi connectivity index (χ2n) is 5.49. The van der Waals surface area contributed by atoms with Gasteiger partial charge in [-0.25, -0.2) is 4.79 Å². The third kappa shape index (κ3) is 1.93. The van der Waals surface area contributed by atoms with Crippen molar-refractivity contribution >= 4 is 17.6 Å². The molecule has 0 aromatic carbocycles. The number of amides is 2. The lowest BCUT2D eigenvalue weighted by molar-refractivity contribution is 0.205. The smallest absolute Gasteiger partial charge is 0.315 e. The summed E-state index contributed by atoms with van der Waals surface area (Å²) in [5, 5.41) is 0. The van der Waals surface area contributed by atoms with Crippen molar-refractivity contribution in [3.8, 4) is 0 Å². The second-order valence-corrected chi connectivity index (χ2v) is 5.49. The van der Waals surface area contributed by atoms with Gasteiger partial charge in [-0.3, -0.25) is 9.30 Å². The van der Waals surface area contributed by atoms with Crippen LogP contribution in [-0.2, 0) is 13.1 Å². The van der Waals surface area contributed by atoms with Crippen molar-refractivity contribution in [1.29, 1.82) is 0 Å². The van der Waals surface area contributed by atoms with E-state index in [9.17, 15) is 4.79 Å². The molecule has 2 amide bonds. The number of fused-ring (bicyclic) bond motifs is 3. The first-order chi connectivity index (χ1) is 10.1. The van der Waals surface area contributed by atoms with Gasteiger partial charge in [0.05, 0.1) is 12.2 Å². The summed E-state index contributed by atoms with van der Waals surface area (Å²) in [4.78, 5) is 20.4. The molecule has 0 fully saturated rings. The van der Waals surface area contributed by atoms with Gasteiger partial charge in [0, 0.05) is 32.0 Å². The first-order valence-corrected chi connectivity index (χ1v) is 7.29. The number of aromatic nitrogens is 3. The largest absolute Gasteiger partial charge is 0.326 e. The Morgan fingerprint density at radius 2 is 2.24 bits per heavy atom. The molecule has 0 radical (unpaired) electrons. The van der Waals surface area contributed by atoms with E-state index in [0.717, 1.165) is 30.3 Å². The Balaban J connectivity index is 2.14. The summed E-state index contributed by atoms with van der Waals surface area (Å²) in [6.07, 6.45) is 4.91. The van der Waals surface area contributed by atoms with Gasteiger partial charge in [0.2, 0.25) is 5.78 Å². The molecule has 21 heavy (non-hydrogen) atoms. The Morgan fingerprint density at radius 1 is 1.48 bits per heavy atom. The molecule has 0 bridgehead atoms. The molecular weight excluding hydrogens is 266 g/mol. The molecule has 3 rings (SSSR count). The fourth-order valence-electron chi connectivity index (χ4n) is 2.95. The molecule has 0 saturated carbocycles. The Labute approximate surface area is 124 Å². The first kappa shape index (κ1) is 13.7. The van der Waals surface area contributed by atoms with Crippen LogP contribution in [0.5, 0.6) is 0 Å². The van der Waals surface area contributed by atoms with E-state index in [1.807, 2.05) is 0 Å². The van der Waals surface area contributed by atoms with Crippen molar-refractivity contribution in [2.45, 2.75) is 33.4 Å². The molecule has 112 valence electrons. The summed E-state index contributed by atoms with van der Waals surface area (Å²) < 4.78 is 4.31. The molecule has 6 nitrogen and oxygen atoms in total. The highest BCUT2D eigenvalue weighted by atomic mass is 16.2. The first-order valence-electron chi connectivity index (χ1n) is 7.29. The number of carbonyl (C=O) groups is 1. The van der Waals surface area contributed by atoms with Crippen molar-refractivity contribution < 1.29 is 4.79 Å². The Kier molecular flexibility index (Phi) is 3.23. The molecule has 3 heterocycles. The van der Waals surface area contributed by atoms with Gasteiger partial charge in [0.15, 0.2) is 5.82 Å². The lowest BCUT2D eigenvalue weighted by Crippen LogP contribution is -2.45. The summed E-state index contributed by atoms with van der Waals surface area (Å²) in [6, 6.07) is -0.0260. The van der Waals surface area contributed by atoms with Crippen molar-refractivity contribution in [2.75, 3.05) is 18.5 Å². The van der Waals surface area contributed by atoms with Crippen LogP contribution in [0.15, 0.2) is 18.9 Å². The highest BCUT2D eigenvalue weighted by Crippen LogP contribution is 2.29. The number of imidazole rings is 2. The van der Waals surface area contributed by atoms with Crippen LogP contribution >= 0.6 is 0 Å². The van der Waals surface area contributed by atoms with Crippen molar-refractivity contribution in [3.05, 3.63) is 30.2 Å². The van der Waals surface area contributed by atoms with Crippen LogP contribution in [0.2, 0.25) is 0 Å². The van der Waals surface area contributed by atoms with Crippen molar-refractivity contribution in [1.82, 2.24) is 18.9 Å². The van der Waals surface area contributed by atoms with Gasteiger partial charge >= 0.3 is 6.03 Å². The predicted octanol–water partition coefficient (Wildman–Crippen LogP) is 2.41. The lowest BCUT2D eigenvalue weighted by Gasteiger charge is -2.31. The fraction of sp³-hybridized carbons (Fsp3) is 0.467. The molecule has 2 aromatic rings. The molecule has 6 heteroatoms. The number of aryl methyl sites for hydroxylation is 2. The highest BCUT2D eigenvalue weighted by Gasteiger charge is 2.32. The summed E-state index contributed by atoms with van der Waals surface area (Å²) >= 11 is 0. The zero-order chi connectivity index (χ0) is 15.1. The number of urea groups is 1. The van der Waals surface area contributed by atoms with Gasteiger partial charge in [0.25, 0.3) is 0 Å². The summed E-state index contributed by atoms with van der Waals surface area (Å²) in [6.45, 7) is 10.0. The van der Waals surface area contributed by atoms with Crippen LogP contribution in [-0.4, -0.2) is 38.5 Å². The zero-order valence-corrected chi connectivity index (χ0v) is 12.8. The van der Waals surface area contributed by atoms with Crippen LogP contribution < -0.4 is 4.90 Å². The number of nitrogens with zero attached hydrogens (tertiary/aromatic N) is 5. The number of anilines is 1. The summed E-state index contributed by atoms with van der Waals surface area (Å²) in [5.41, 5.74) is 2.25. The molecule has 0 atom stereocenters. The molecule has 0 aliphatic carbocycles. The normalized spacial score (nSPS) is 14.9. The lowest BCUT2D eigenvalue weighted by atomic mass is 10.3. The number of hydrogen-bond acceptors (Lipinski definition) is 2. The Morgan fingerprint density at radius 3 is 2.90 bits per heavy atom.